The lowest BCUT2D eigenvalue weighted by Gasteiger charge is -2.24. The molecule has 0 fully saturated rings. The number of fused-ring (bicyclic) bond motifs is 1. The molecule has 1 aromatic heterocycles. The monoisotopic (exact) mass is 466 g/mol. The molecule has 0 spiro atoms. The molecular weight excluding hydrogens is 436 g/mol. The topological polar surface area (TPSA) is 88.3 Å². The third kappa shape index (κ3) is 5.30. The van der Waals surface area contributed by atoms with Crippen LogP contribution < -0.4 is 9.46 Å². The first-order valence-corrected chi connectivity index (χ1v) is 13.1. The highest BCUT2D eigenvalue weighted by molar-refractivity contribution is 7.92. The van der Waals surface area contributed by atoms with Gasteiger partial charge in [-0.25, -0.2) is 8.42 Å². The van der Waals surface area contributed by atoms with Gasteiger partial charge in [0.1, 0.15) is 11.5 Å². The molecule has 1 aliphatic carbocycles. The lowest BCUT2D eigenvalue weighted by atomic mass is 9.79. The van der Waals surface area contributed by atoms with Crippen LogP contribution in [0, 0.1) is 18.8 Å². The first kappa shape index (κ1) is 23.1. The molecule has 0 saturated heterocycles. The summed E-state index contributed by atoms with van der Waals surface area (Å²) in [7, 11) is -3.45. The molecule has 4 rings (SSSR count). The van der Waals surface area contributed by atoms with Gasteiger partial charge in [0.15, 0.2) is 5.78 Å². The van der Waals surface area contributed by atoms with Crippen LogP contribution in [0.25, 0.3) is 11.3 Å². The summed E-state index contributed by atoms with van der Waals surface area (Å²) in [5.41, 5.74) is 4.55. The number of carbonyl (C=O) groups excluding carboxylic acids is 1. The molecule has 174 valence electrons. The van der Waals surface area contributed by atoms with E-state index in [0.29, 0.717) is 29.5 Å². The second-order valence-electron chi connectivity index (χ2n) is 9.31. The van der Waals surface area contributed by atoms with Crippen molar-refractivity contribution in [2.45, 2.75) is 40.0 Å². The maximum atomic E-state index is 13.0. The Kier molecular flexibility index (Phi) is 6.34. The molecule has 0 amide bonds. The second-order valence-corrected chi connectivity index (χ2v) is 11.1. The third-order valence-corrected chi connectivity index (χ3v) is 6.47. The smallest absolute Gasteiger partial charge is 0.229 e. The maximum absolute atomic E-state index is 13.0. The second kappa shape index (κ2) is 9.06. The molecule has 7 heteroatoms. The number of sulfonamides is 1. The van der Waals surface area contributed by atoms with Gasteiger partial charge in [-0.2, -0.15) is 0 Å². The van der Waals surface area contributed by atoms with Gasteiger partial charge in [-0.3, -0.25) is 9.52 Å². The molecule has 0 saturated carbocycles. The third-order valence-electron chi connectivity index (χ3n) is 5.86. The molecule has 1 unspecified atom stereocenters. The van der Waals surface area contributed by atoms with Crippen molar-refractivity contribution in [1.29, 1.82) is 0 Å². The highest BCUT2D eigenvalue weighted by Gasteiger charge is 2.32. The number of carbonyl (C=O) groups is 1. The molecule has 1 aliphatic rings. The first-order valence-electron chi connectivity index (χ1n) is 11.2. The van der Waals surface area contributed by atoms with Gasteiger partial charge in [0, 0.05) is 28.9 Å². The highest BCUT2D eigenvalue weighted by Crippen LogP contribution is 2.42. The fraction of sp³-hybridized carbons (Fsp3) is 0.346. The van der Waals surface area contributed by atoms with E-state index >= 15 is 0 Å². The number of anilines is 1. The fourth-order valence-electron chi connectivity index (χ4n) is 4.75. The van der Waals surface area contributed by atoms with Gasteiger partial charge in [0.05, 0.1) is 11.9 Å². The van der Waals surface area contributed by atoms with Gasteiger partial charge in [-0.15, -0.1) is 0 Å². The molecule has 2 N–H and O–H groups in total. The van der Waals surface area contributed by atoms with Crippen LogP contribution in [0.1, 0.15) is 48.3 Å². The van der Waals surface area contributed by atoms with Crippen LogP contribution in [0.15, 0.2) is 48.5 Å². The van der Waals surface area contributed by atoms with E-state index < -0.39 is 10.0 Å². The van der Waals surface area contributed by atoms with Crippen molar-refractivity contribution >= 4 is 21.5 Å². The van der Waals surface area contributed by atoms with Crippen LogP contribution >= 0.6 is 0 Å². The summed E-state index contributed by atoms with van der Waals surface area (Å²) in [6.45, 7) is 6.27. The number of para-hydroxylation sites is 1. The van der Waals surface area contributed by atoms with Crippen molar-refractivity contribution in [2.75, 3.05) is 11.0 Å². The van der Waals surface area contributed by atoms with Crippen molar-refractivity contribution in [3.8, 4) is 22.8 Å². The molecule has 3 aromatic rings. The van der Waals surface area contributed by atoms with Gasteiger partial charge in [0.2, 0.25) is 10.0 Å². The zero-order chi connectivity index (χ0) is 23.8. The van der Waals surface area contributed by atoms with Crippen molar-refractivity contribution in [3.05, 3.63) is 65.4 Å². The number of aromatic amines is 1. The van der Waals surface area contributed by atoms with Crippen LogP contribution in [0.2, 0.25) is 0 Å². The number of aromatic nitrogens is 1. The average Bonchev–Trinajstić information content (AvgIpc) is 3.05. The minimum Gasteiger partial charge on any atom is -0.457 e. The number of hydrogen-bond acceptors (Lipinski definition) is 4. The van der Waals surface area contributed by atoms with E-state index in [-0.39, 0.29) is 11.7 Å². The zero-order valence-electron chi connectivity index (χ0n) is 19.4. The van der Waals surface area contributed by atoms with E-state index in [2.05, 4.69) is 23.6 Å². The Bertz CT molecular complexity index is 1280. The molecule has 1 heterocycles. The van der Waals surface area contributed by atoms with Gasteiger partial charge >= 0.3 is 0 Å². The fourth-order valence-corrected chi connectivity index (χ4v) is 5.31. The van der Waals surface area contributed by atoms with E-state index in [4.69, 9.17) is 4.74 Å². The Balaban J connectivity index is 1.84. The summed E-state index contributed by atoms with van der Waals surface area (Å²) >= 11 is 0. The van der Waals surface area contributed by atoms with Gasteiger partial charge in [0.25, 0.3) is 0 Å². The van der Waals surface area contributed by atoms with Gasteiger partial charge in [-0.05, 0) is 67.5 Å². The number of nitrogens with one attached hydrogen (secondary N) is 2. The summed E-state index contributed by atoms with van der Waals surface area (Å²) in [6, 6.07) is 14.6. The maximum Gasteiger partial charge on any atom is 0.229 e. The lowest BCUT2D eigenvalue weighted by molar-refractivity contribution is 0.0942. The number of ether oxygens (including phenoxy) is 1. The predicted octanol–water partition coefficient (Wildman–Crippen LogP) is 5.95. The minimum absolute atomic E-state index is 0.165. The number of ketones is 1. The standard InChI is InChI=1S/C26H30N2O4S/c1-16(2)12-18-13-22-25(23(29)14-18)17(3)27-26(22)21-15-19(28-33(4,30)31)10-11-24(21)32-20-8-6-5-7-9-20/h5-11,15-16,18,27-28H,12-14H2,1-4H3. The number of hydrogen-bond donors (Lipinski definition) is 2. The van der Waals surface area contributed by atoms with Crippen LogP contribution in [0.4, 0.5) is 5.69 Å². The van der Waals surface area contributed by atoms with Crippen LogP contribution in [-0.2, 0) is 16.4 Å². The van der Waals surface area contributed by atoms with Crippen LogP contribution in [-0.4, -0.2) is 25.4 Å². The van der Waals surface area contributed by atoms with Crippen molar-refractivity contribution < 1.29 is 17.9 Å². The molecule has 0 radical (unpaired) electrons. The van der Waals surface area contributed by atoms with Gasteiger partial charge in [-0.1, -0.05) is 32.0 Å². The lowest BCUT2D eigenvalue weighted by Crippen LogP contribution is -2.21. The number of aryl methyl sites for hydroxylation is 1. The molecule has 0 bridgehead atoms. The van der Waals surface area contributed by atoms with E-state index in [1.165, 1.54) is 0 Å². The normalized spacial score (nSPS) is 16.0. The summed E-state index contributed by atoms with van der Waals surface area (Å²) in [6.07, 6.45) is 3.47. The van der Waals surface area contributed by atoms with Crippen LogP contribution in [0.5, 0.6) is 11.5 Å². The Morgan fingerprint density at radius 3 is 2.52 bits per heavy atom. The number of H-pyrrole nitrogens is 1. The van der Waals surface area contributed by atoms with E-state index in [1.807, 2.05) is 37.3 Å². The zero-order valence-corrected chi connectivity index (χ0v) is 20.3. The Hall–Kier alpha value is -3.06. The Morgan fingerprint density at radius 2 is 1.85 bits per heavy atom. The van der Waals surface area contributed by atoms with Crippen LogP contribution in [0.3, 0.4) is 0 Å². The SMILES string of the molecule is Cc1[nH]c(-c2cc(NS(C)(=O)=O)ccc2Oc2ccccc2)c2c1C(=O)CC(CC(C)C)C2. The Morgan fingerprint density at radius 1 is 1.12 bits per heavy atom. The number of benzene rings is 2. The number of Topliss-reactive ketones (excluding diaryl/α,β-unsaturated/α-hetero) is 1. The molecule has 2 aromatic carbocycles. The summed E-state index contributed by atoms with van der Waals surface area (Å²) < 4.78 is 32.4. The highest BCUT2D eigenvalue weighted by atomic mass is 32.2. The van der Waals surface area contributed by atoms with E-state index in [0.717, 1.165) is 47.2 Å². The summed E-state index contributed by atoms with van der Waals surface area (Å²) in [4.78, 5) is 16.4. The number of rotatable bonds is 7. The first-order chi connectivity index (χ1) is 15.6. The quantitative estimate of drug-likeness (QED) is 0.451. The summed E-state index contributed by atoms with van der Waals surface area (Å²) in [5.74, 6) is 2.22. The van der Waals surface area contributed by atoms with Gasteiger partial charge < -0.3 is 9.72 Å². The molecule has 0 aliphatic heterocycles. The minimum atomic E-state index is -3.45. The van der Waals surface area contributed by atoms with E-state index in [1.54, 1.807) is 18.2 Å². The largest absolute Gasteiger partial charge is 0.457 e. The van der Waals surface area contributed by atoms with E-state index in [9.17, 15) is 13.2 Å². The molecule has 6 nitrogen and oxygen atoms in total. The Labute approximate surface area is 195 Å². The molecular formula is C26H30N2O4S. The molecule has 1 atom stereocenters. The molecule has 33 heavy (non-hydrogen) atoms. The predicted molar refractivity (Wildman–Crippen MR) is 132 cm³/mol. The van der Waals surface area contributed by atoms with Crippen molar-refractivity contribution in [1.82, 2.24) is 4.98 Å². The summed E-state index contributed by atoms with van der Waals surface area (Å²) in [5, 5.41) is 0. The van der Waals surface area contributed by atoms with Crippen molar-refractivity contribution in [2.24, 2.45) is 11.8 Å². The van der Waals surface area contributed by atoms with Crippen molar-refractivity contribution in [3.63, 3.8) is 0 Å². The average molecular weight is 467 g/mol.